The number of hydrogen-bond donors (Lipinski definition) is 1. The van der Waals surface area contributed by atoms with E-state index in [1.165, 1.54) is 6.26 Å². The number of benzene rings is 1. The van der Waals surface area contributed by atoms with Crippen molar-refractivity contribution in [2.24, 2.45) is 0 Å². The van der Waals surface area contributed by atoms with E-state index in [9.17, 15) is 0 Å². The Balaban J connectivity index is 2.23. The first-order chi connectivity index (χ1) is 8.20. The summed E-state index contributed by atoms with van der Waals surface area (Å²) >= 11 is 0. The van der Waals surface area contributed by atoms with Crippen molar-refractivity contribution in [2.75, 3.05) is 0 Å². The van der Waals surface area contributed by atoms with Gasteiger partial charge in [0.2, 0.25) is 0 Å². The van der Waals surface area contributed by atoms with Crippen molar-refractivity contribution in [1.29, 1.82) is 0 Å². The molecule has 0 aliphatic rings. The highest BCUT2D eigenvalue weighted by atomic mass is 16.6. The summed E-state index contributed by atoms with van der Waals surface area (Å²) in [5.41, 5.74) is 1.55. The molecule has 0 saturated heterocycles. The van der Waals surface area contributed by atoms with Crippen molar-refractivity contribution in [3.8, 4) is 11.8 Å². The number of hydrogen-bond acceptors (Lipinski definition) is 4. The first-order valence-electron chi connectivity index (χ1n) is 5.52. The Hall–Kier alpha value is -1.81. The zero-order chi connectivity index (χ0) is 12.3. The van der Waals surface area contributed by atoms with Crippen molar-refractivity contribution in [2.45, 2.75) is 26.4 Å². The predicted octanol–water partition coefficient (Wildman–Crippen LogP) is 3.08. The normalized spacial score (nSPS) is 10.8. The summed E-state index contributed by atoms with van der Waals surface area (Å²) in [5, 5.41) is 8.88. The number of aliphatic hydroxyl groups is 1. The number of oxazole rings is 1. The second-order valence-electron chi connectivity index (χ2n) is 4.06. The van der Waals surface area contributed by atoms with Crippen LogP contribution in [0.15, 0.2) is 34.9 Å². The first kappa shape index (κ1) is 11.7. The molecule has 0 fully saturated rings. The molecule has 0 bridgehead atoms. The highest BCUT2D eigenvalue weighted by molar-refractivity contribution is 5.36. The van der Waals surface area contributed by atoms with Gasteiger partial charge in [-0.15, -0.1) is 0 Å². The van der Waals surface area contributed by atoms with E-state index in [0.29, 0.717) is 11.6 Å². The molecule has 0 amide bonds. The van der Waals surface area contributed by atoms with Gasteiger partial charge in [-0.25, -0.2) is 0 Å². The first-order valence-corrected chi connectivity index (χ1v) is 5.52. The lowest BCUT2D eigenvalue weighted by atomic mass is 10.0. The fraction of sp³-hybridized carbons (Fsp3) is 0.308. The Bertz CT molecular complexity index is 491. The summed E-state index contributed by atoms with van der Waals surface area (Å²) < 4.78 is 10.7. The van der Waals surface area contributed by atoms with Crippen molar-refractivity contribution in [3.05, 3.63) is 41.8 Å². The molecule has 2 aromatic rings. The maximum absolute atomic E-state index is 8.88. The number of aromatic nitrogens is 1. The molecule has 90 valence electrons. The van der Waals surface area contributed by atoms with E-state index < -0.39 is 0 Å². The average molecular weight is 233 g/mol. The molecule has 0 unspecified atom stereocenters. The van der Waals surface area contributed by atoms with Crippen LogP contribution in [0.4, 0.5) is 0 Å². The molecule has 4 heteroatoms. The van der Waals surface area contributed by atoms with Gasteiger partial charge in [-0.1, -0.05) is 32.0 Å². The molecule has 0 aliphatic heterocycles. The smallest absolute Gasteiger partial charge is 0.399 e. The Morgan fingerprint density at radius 3 is 2.76 bits per heavy atom. The van der Waals surface area contributed by atoms with Crippen LogP contribution in [0.3, 0.4) is 0 Å². The van der Waals surface area contributed by atoms with Gasteiger partial charge in [-0.2, -0.15) is 4.98 Å². The summed E-state index contributed by atoms with van der Waals surface area (Å²) in [4.78, 5) is 3.99. The highest BCUT2D eigenvalue weighted by Crippen LogP contribution is 2.29. The van der Waals surface area contributed by atoms with Gasteiger partial charge in [0.1, 0.15) is 17.7 Å². The lowest BCUT2D eigenvalue weighted by Crippen LogP contribution is -1.93. The Labute approximate surface area is 99.9 Å². The zero-order valence-electron chi connectivity index (χ0n) is 9.88. The monoisotopic (exact) mass is 233 g/mol. The molecule has 0 saturated carbocycles. The van der Waals surface area contributed by atoms with Gasteiger partial charge in [0.05, 0.1) is 6.61 Å². The molecule has 2 rings (SSSR count). The van der Waals surface area contributed by atoms with Gasteiger partial charge in [0.15, 0.2) is 0 Å². The Morgan fingerprint density at radius 2 is 2.12 bits per heavy atom. The lowest BCUT2D eigenvalue weighted by molar-refractivity contribution is 0.276. The van der Waals surface area contributed by atoms with Crippen LogP contribution in [0.2, 0.25) is 0 Å². The zero-order valence-corrected chi connectivity index (χ0v) is 9.88. The second kappa shape index (κ2) is 5.01. The van der Waals surface area contributed by atoms with Gasteiger partial charge >= 0.3 is 6.08 Å². The van der Waals surface area contributed by atoms with Gasteiger partial charge in [-0.05, 0) is 17.5 Å². The standard InChI is InChI=1S/C13H15NO3/c1-9(2)11-5-3-4-6-12(11)17-13-14-10(7-15)8-16-13/h3-6,8-9,15H,7H2,1-2H3. The van der Waals surface area contributed by atoms with E-state index in [4.69, 9.17) is 14.3 Å². The summed E-state index contributed by atoms with van der Waals surface area (Å²) in [6, 6.07) is 7.75. The molecule has 1 heterocycles. The Kier molecular flexibility index (Phi) is 3.44. The molecule has 17 heavy (non-hydrogen) atoms. The van der Waals surface area contributed by atoms with Crippen LogP contribution in [0.5, 0.6) is 11.8 Å². The second-order valence-corrected chi connectivity index (χ2v) is 4.06. The van der Waals surface area contributed by atoms with E-state index in [1.54, 1.807) is 0 Å². The number of ether oxygens (including phenoxy) is 1. The topological polar surface area (TPSA) is 55.5 Å². The maximum atomic E-state index is 8.88. The van der Waals surface area contributed by atoms with Crippen molar-refractivity contribution in [1.82, 2.24) is 4.98 Å². The van der Waals surface area contributed by atoms with Crippen LogP contribution >= 0.6 is 0 Å². The van der Waals surface area contributed by atoms with Gasteiger partial charge in [0.25, 0.3) is 0 Å². The van der Waals surface area contributed by atoms with Crippen molar-refractivity contribution < 1.29 is 14.3 Å². The largest absolute Gasteiger partial charge is 0.417 e. The van der Waals surface area contributed by atoms with Crippen molar-refractivity contribution >= 4 is 0 Å². The third-order valence-electron chi connectivity index (χ3n) is 2.43. The highest BCUT2D eigenvalue weighted by Gasteiger charge is 2.11. The molecule has 0 spiro atoms. The Morgan fingerprint density at radius 1 is 1.35 bits per heavy atom. The van der Waals surface area contributed by atoms with E-state index in [2.05, 4.69) is 18.8 Å². The van der Waals surface area contributed by atoms with Crippen LogP contribution < -0.4 is 4.74 Å². The number of nitrogens with zero attached hydrogens (tertiary/aromatic N) is 1. The minimum atomic E-state index is -0.154. The third kappa shape index (κ3) is 2.65. The van der Waals surface area contributed by atoms with Crippen LogP contribution in [-0.2, 0) is 6.61 Å². The van der Waals surface area contributed by atoms with E-state index in [-0.39, 0.29) is 12.7 Å². The van der Waals surface area contributed by atoms with E-state index >= 15 is 0 Å². The number of aliphatic hydroxyl groups excluding tert-OH is 1. The molecule has 1 aromatic carbocycles. The van der Waals surface area contributed by atoms with E-state index in [0.717, 1.165) is 11.3 Å². The van der Waals surface area contributed by atoms with Crippen molar-refractivity contribution in [3.63, 3.8) is 0 Å². The molecule has 0 aliphatic carbocycles. The van der Waals surface area contributed by atoms with Gasteiger partial charge in [-0.3, -0.25) is 0 Å². The SMILES string of the molecule is CC(C)c1ccccc1Oc1nc(CO)co1. The van der Waals surface area contributed by atoms with Crippen LogP contribution in [-0.4, -0.2) is 10.1 Å². The van der Waals surface area contributed by atoms with Crippen LogP contribution in [0.25, 0.3) is 0 Å². The minimum Gasteiger partial charge on any atom is -0.417 e. The third-order valence-corrected chi connectivity index (χ3v) is 2.43. The number of rotatable bonds is 4. The molecule has 1 aromatic heterocycles. The van der Waals surface area contributed by atoms with Crippen LogP contribution in [0.1, 0.15) is 31.0 Å². The fourth-order valence-electron chi connectivity index (χ4n) is 1.55. The summed E-state index contributed by atoms with van der Waals surface area (Å²) in [6.45, 7) is 4.03. The summed E-state index contributed by atoms with van der Waals surface area (Å²) in [6.07, 6.45) is 1.54. The van der Waals surface area contributed by atoms with Gasteiger partial charge in [0, 0.05) is 0 Å². The molecule has 1 N–H and O–H groups in total. The molecule has 0 radical (unpaired) electrons. The summed E-state index contributed by atoms with van der Waals surface area (Å²) in [7, 11) is 0. The molecular formula is C13H15NO3. The number of para-hydroxylation sites is 1. The molecule has 4 nitrogen and oxygen atoms in total. The predicted molar refractivity (Wildman–Crippen MR) is 63.0 cm³/mol. The molecular weight excluding hydrogens is 218 g/mol. The summed E-state index contributed by atoms with van der Waals surface area (Å²) in [5.74, 6) is 1.09. The van der Waals surface area contributed by atoms with Gasteiger partial charge < -0.3 is 14.3 Å². The maximum Gasteiger partial charge on any atom is 0.399 e. The average Bonchev–Trinajstić information content (AvgIpc) is 2.77. The quantitative estimate of drug-likeness (QED) is 0.881. The minimum absolute atomic E-state index is 0.154. The molecule has 0 atom stereocenters. The fourth-order valence-corrected chi connectivity index (χ4v) is 1.55. The van der Waals surface area contributed by atoms with E-state index in [1.807, 2.05) is 24.3 Å². The van der Waals surface area contributed by atoms with Crippen LogP contribution in [0, 0.1) is 0 Å². The lowest BCUT2D eigenvalue weighted by Gasteiger charge is -2.10.